The number of rotatable bonds is 4. The van der Waals surface area contributed by atoms with Crippen molar-refractivity contribution in [2.45, 2.75) is 42.8 Å². The number of hydrogen-bond acceptors (Lipinski definition) is 4. The van der Waals surface area contributed by atoms with Crippen LogP contribution in [0.15, 0.2) is 23.1 Å². The number of thioether (sulfide) groups is 1. The molecule has 0 amide bonds. The van der Waals surface area contributed by atoms with Crippen molar-refractivity contribution in [3.8, 4) is 0 Å². The molecule has 1 aliphatic rings. The van der Waals surface area contributed by atoms with E-state index in [-0.39, 0.29) is 17.0 Å². The van der Waals surface area contributed by atoms with Crippen molar-refractivity contribution in [2.75, 3.05) is 0 Å². The van der Waals surface area contributed by atoms with Gasteiger partial charge in [0.05, 0.1) is 10.5 Å². The summed E-state index contributed by atoms with van der Waals surface area (Å²) in [5.74, 6) is -0.265. The van der Waals surface area contributed by atoms with E-state index in [9.17, 15) is 14.9 Å². The summed E-state index contributed by atoms with van der Waals surface area (Å²) in [5, 5.41) is 11.5. The van der Waals surface area contributed by atoms with Gasteiger partial charge in [-0.25, -0.2) is 0 Å². The van der Waals surface area contributed by atoms with Gasteiger partial charge in [-0.05, 0) is 31.9 Å². The van der Waals surface area contributed by atoms with Crippen LogP contribution in [-0.4, -0.2) is 16.0 Å². The monoisotopic (exact) mass is 265 g/mol. The molecule has 1 saturated carbocycles. The van der Waals surface area contributed by atoms with Crippen molar-refractivity contribution in [1.82, 2.24) is 0 Å². The Balaban J connectivity index is 2.24. The van der Waals surface area contributed by atoms with Crippen molar-refractivity contribution < 1.29 is 9.72 Å². The predicted octanol–water partition coefficient (Wildman–Crippen LogP) is 3.83. The lowest BCUT2D eigenvalue weighted by molar-refractivity contribution is -0.385. The fraction of sp³-hybridized carbons (Fsp3) is 0.462. The third-order valence-electron chi connectivity index (χ3n) is 3.15. The summed E-state index contributed by atoms with van der Waals surface area (Å²) in [6.45, 7) is 1.35. The van der Waals surface area contributed by atoms with Gasteiger partial charge in [0.25, 0.3) is 5.69 Å². The molecular formula is C13H15NO3S. The molecule has 0 N–H and O–H groups in total. The Kier molecular flexibility index (Phi) is 4.01. The molecule has 0 aliphatic heterocycles. The molecule has 1 fully saturated rings. The first kappa shape index (κ1) is 13.1. The Morgan fingerprint density at radius 3 is 2.61 bits per heavy atom. The summed E-state index contributed by atoms with van der Waals surface area (Å²) in [7, 11) is 0. The number of hydrogen-bond donors (Lipinski definition) is 0. The molecule has 1 aliphatic carbocycles. The van der Waals surface area contributed by atoms with Gasteiger partial charge in [-0.1, -0.05) is 12.8 Å². The van der Waals surface area contributed by atoms with Gasteiger partial charge < -0.3 is 0 Å². The summed E-state index contributed by atoms with van der Waals surface area (Å²) in [5.41, 5.74) is 0.112. The summed E-state index contributed by atoms with van der Waals surface area (Å²) >= 11 is 1.69. The van der Waals surface area contributed by atoms with Crippen molar-refractivity contribution in [1.29, 1.82) is 0 Å². The fourth-order valence-corrected chi connectivity index (χ4v) is 3.51. The highest BCUT2D eigenvalue weighted by atomic mass is 32.2. The molecule has 4 nitrogen and oxygen atoms in total. The second-order valence-corrected chi connectivity index (χ2v) is 5.89. The Morgan fingerprint density at radius 2 is 2.06 bits per heavy atom. The molecule has 2 rings (SSSR count). The van der Waals surface area contributed by atoms with Gasteiger partial charge in [0.2, 0.25) is 0 Å². The minimum atomic E-state index is -0.477. The topological polar surface area (TPSA) is 60.2 Å². The number of nitro groups is 1. The maximum absolute atomic E-state index is 11.3. The highest BCUT2D eigenvalue weighted by Gasteiger charge is 2.21. The summed E-state index contributed by atoms with van der Waals surface area (Å²) in [6.07, 6.45) is 4.83. The van der Waals surface area contributed by atoms with Gasteiger partial charge >= 0.3 is 0 Å². The maximum Gasteiger partial charge on any atom is 0.281 e. The first-order valence-electron chi connectivity index (χ1n) is 6.04. The molecule has 1 aromatic carbocycles. The fourth-order valence-electron chi connectivity index (χ4n) is 2.23. The van der Waals surface area contributed by atoms with Gasteiger partial charge in [0.1, 0.15) is 0 Å². The van der Waals surface area contributed by atoms with Crippen LogP contribution in [0, 0.1) is 10.1 Å². The second kappa shape index (κ2) is 5.52. The first-order valence-corrected chi connectivity index (χ1v) is 6.92. The van der Waals surface area contributed by atoms with Crippen LogP contribution in [0.3, 0.4) is 0 Å². The van der Waals surface area contributed by atoms with E-state index in [1.807, 2.05) is 6.07 Å². The molecule has 0 heterocycles. The molecule has 1 aromatic rings. The Hall–Kier alpha value is -1.36. The van der Waals surface area contributed by atoms with Crippen LogP contribution in [0.25, 0.3) is 0 Å². The zero-order valence-electron chi connectivity index (χ0n) is 10.2. The van der Waals surface area contributed by atoms with Crippen molar-refractivity contribution >= 4 is 23.2 Å². The quantitative estimate of drug-likeness (QED) is 0.471. The van der Waals surface area contributed by atoms with Crippen LogP contribution < -0.4 is 0 Å². The first-order chi connectivity index (χ1) is 8.58. The molecular weight excluding hydrogens is 250 g/mol. The average Bonchev–Trinajstić information content (AvgIpc) is 2.81. The largest absolute Gasteiger partial charge is 0.294 e. The number of Topliss-reactive ketones (excluding diaryl/α,β-unsaturated/α-hetero) is 1. The summed E-state index contributed by atoms with van der Waals surface area (Å²) < 4.78 is 0. The maximum atomic E-state index is 11.3. The summed E-state index contributed by atoms with van der Waals surface area (Å²) in [6, 6.07) is 4.91. The van der Waals surface area contributed by atoms with Crippen molar-refractivity contribution in [3.05, 3.63) is 33.9 Å². The molecule has 0 spiro atoms. The molecule has 96 valence electrons. The van der Waals surface area contributed by atoms with E-state index in [4.69, 9.17) is 0 Å². The van der Waals surface area contributed by atoms with Gasteiger partial charge in [-0.15, -0.1) is 11.8 Å². The van der Waals surface area contributed by atoms with Crippen LogP contribution >= 0.6 is 11.8 Å². The third-order valence-corrected chi connectivity index (χ3v) is 4.48. The minimum Gasteiger partial charge on any atom is -0.294 e. The Labute approximate surface area is 110 Å². The van der Waals surface area contributed by atoms with E-state index in [0.717, 1.165) is 4.90 Å². The molecule has 18 heavy (non-hydrogen) atoms. The smallest absolute Gasteiger partial charge is 0.281 e. The lowest BCUT2D eigenvalue weighted by atomic mass is 10.1. The number of nitro benzene ring substituents is 1. The zero-order valence-corrected chi connectivity index (χ0v) is 11.0. The highest BCUT2D eigenvalue weighted by molar-refractivity contribution is 8.00. The number of ketones is 1. The minimum absolute atomic E-state index is 0.0782. The number of carbonyl (C=O) groups is 1. The molecule has 0 unspecified atom stereocenters. The van der Waals surface area contributed by atoms with E-state index in [1.165, 1.54) is 38.7 Å². The van der Waals surface area contributed by atoms with Crippen molar-refractivity contribution in [2.24, 2.45) is 0 Å². The van der Waals surface area contributed by atoms with Gasteiger partial charge in [0, 0.05) is 16.2 Å². The van der Waals surface area contributed by atoms with E-state index in [1.54, 1.807) is 17.8 Å². The van der Waals surface area contributed by atoms with E-state index in [2.05, 4.69) is 0 Å². The standard InChI is InChI=1S/C13H15NO3S/c1-9(15)12-7-6-11(8-13(12)14(16)17)18-10-4-2-3-5-10/h6-8,10H,2-5H2,1H3. The average molecular weight is 265 g/mol. The molecule has 0 saturated heterocycles. The molecule has 5 heteroatoms. The van der Waals surface area contributed by atoms with Gasteiger partial charge in [-0.2, -0.15) is 0 Å². The molecule has 0 bridgehead atoms. The normalized spacial score (nSPS) is 15.8. The molecule has 0 atom stereocenters. The van der Waals surface area contributed by atoms with Crippen LogP contribution in [0.1, 0.15) is 43.0 Å². The van der Waals surface area contributed by atoms with E-state index in [0.29, 0.717) is 5.25 Å². The van der Waals surface area contributed by atoms with Crippen LogP contribution in [0.5, 0.6) is 0 Å². The van der Waals surface area contributed by atoms with Crippen LogP contribution in [0.2, 0.25) is 0 Å². The van der Waals surface area contributed by atoms with E-state index < -0.39 is 4.92 Å². The zero-order chi connectivity index (χ0) is 13.1. The Morgan fingerprint density at radius 1 is 1.39 bits per heavy atom. The van der Waals surface area contributed by atoms with E-state index >= 15 is 0 Å². The third kappa shape index (κ3) is 2.90. The second-order valence-electron chi connectivity index (χ2n) is 4.52. The predicted molar refractivity (Wildman–Crippen MR) is 71.2 cm³/mol. The van der Waals surface area contributed by atoms with Crippen molar-refractivity contribution in [3.63, 3.8) is 0 Å². The SMILES string of the molecule is CC(=O)c1ccc(SC2CCCC2)cc1[N+](=O)[O-]. The molecule has 0 aromatic heterocycles. The number of benzene rings is 1. The van der Waals surface area contributed by atoms with Crippen LogP contribution in [-0.2, 0) is 0 Å². The lowest BCUT2D eigenvalue weighted by Gasteiger charge is -2.09. The highest BCUT2D eigenvalue weighted by Crippen LogP contribution is 2.36. The van der Waals surface area contributed by atoms with Gasteiger partial charge in [-0.3, -0.25) is 14.9 Å². The summed E-state index contributed by atoms with van der Waals surface area (Å²) in [4.78, 5) is 22.7. The Bertz CT molecular complexity index is 481. The number of nitrogens with zero attached hydrogens (tertiary/aromatic N) is 1. The van der Waals surface area contributed by atoms with Gasteiger partial charge in [0.15, 0.2) is 5.78 Å². The number of carbonyl (C=O) groups excluding carboxylic acids is 1. The van der Waals surface area contributed by atoms with Crippen LogP contribution in [0.4, 0.5) is 5.69 Å². The lowest BCUT2D eigenvalue weighted by Crippen LogP contribution is -2.01. The molecule has 0 radical (unpaired) electrons.